The molecule has 2 aromatic rings. The Morgan fingerprint density at radius 3 is 2.43 bits per heavy atom. The van der Waals surface area contributed by atoms with Gasteiger partial charge in [-0.3, -0.25) is 15.0 Å². The van der Waals surface area contributed by atoms with Gasteiger partial charge in [0.2, 0.25) is 5.91 Å². The second-order valence-electron chi connectivity index (χ2n) is 6.28. The highest BCUT2D eigenvalue weighted by atomic mass is 35.5. The number of carbonyl (C=O) groups is 3. The van der Waals surface area contributed by atoms with E-state index in [2.05, 4.69) is 10.5 Å². The second-order valence-corrected chi connectivity index (χ2v) is 7.16. The van der Waals surface area contributed by atoms with Gasteiger partial charge in [0, 0.05) is 10.0 Å². The van der Waals surface area contributed by atoms with Crippen LogP contribution in [0.5, 0.6) is 0 Å². The van der Waals surface area contributed by atoms with Crippen molar-refractivity contribution in [3.8, 4) is 0 Å². The summed E-state index contributed by atoms with van der Waals surface area (Å²) in [4.78, 5) is 39.0. The zero-order valence-electron chi connectivity index (χ0n) is 14.3. The molecule has 1 fully saturated rings. The maximum Gasteiger partial charge on any atom is 0.355 e. The van der Waals surface area contributed by atoms with E-state index in [0.717, 1.165) is 10.5 Å². The Bertz CT molecular complexity index is 989. The molecule has 2 aliphatic rings. The van der Waals surface area contributed by atoms with Crippen LogP contribution in [0.3, 0.4) is 0 Å². The number of nitrogens with zero attached hydrogens (tertiary/aromatic N) is 2. The molecule has 0 spiro atoms. The maximum atomic E-state index is 12.9. The zero-order chi connectivity index (χ0) is 19.8. The average Bonchev–Trinajstić information content (AvgIpc) is 3.20. The van der Waals surface area contributed by atoms with Crippen LogP contribution in [0.2, 0.25) is 10.0 Å². The van der Waals surface area contributed by atoms with E-state index in [1.165, 1.54) is 18.2 Å². The average molecular weight is 418 g/mol. The van der Waals surface area contributed by atoms with Gasteiger partial charge >= 0.3 is 5.97 Å². The summed E-state index contributed by atoms with van der Waals surface area (Å²) in [5, 5.41) is 4.43. The van der Waals surface area contributed by atoms with Crippen LogP contribution >= 0.6 is 23.2 Å². The summed E-state index contributed by atoms with van der Waals surface area (Å²) in [6.07, 6.45) is 0. The van der Waals surface area contributed by atoms with Crippen molar-refractivity contribution in [2.75, 3.05) is 4.90 Å². The molecule has 1 N–H and O–H groups in total. The number of fused-ring (bicyclic) bond motifs is 1. The number of ether oxygens (including phenoxy) is 1. The fourth-order valence-corrected chi connectivity index (χ4v) is 3.69. The van der Waals surface area contributed by atoms with Crippen molar-refractivity contribution in [3.63, 3.8) is 0 Å². The van der Waals surface area contributed by atoms with Crippen molar-refractivity contribution < 1.29 is 19.1 Å². The van der Waals surface area contributed by atoms with Crippen molar-refractivity contribution in [3.05, 3.63) is 64.1 Å². The first-order chi connectivity index (χ1) is 13.5. The van der Waals surface area contributed by atoms with Crippen LogP contribution in [0, 0.1) is 5.92 Å². The lowest BCUT2D eigenvalue weighted by molar-refractivity contribution is -0.137. The molecule has 142 valence electrons. The SMILES string of the molecule is O=C(OCc1ccccc1)C1=NN[C@@H]2C(=O)N(c3cc(Cl)cc(Cl)c3)C(=O)[C@@H]12. The largest absolute Gasteiger partial charge is 0.456 e. The van der Waals surface area contributed by atoms with Gasteiger partial charge in [-0.2, -0.15) is 5.10 Å². The van der Waals surface area contributed by atoms with Gasteiger partial charge in [0.1, 0.15) is 18.6 Å². The van der Waals surface area contributed by atoms with Crippen LogP contribution in [0.15, 0.2) is 53.6 Å². The molecule has 7 nitrogen and oxygen atoms in total. The van der Waals surface area contributed by atoms with Crippen LogP contribution in [0.4, 0.5) is 5.69 Å². The number of amides is 2. The fourth-order valence-electron chi connectivity index (χ4n) is 3.18. The lowest BCUT2D eigenvalue weighted by Crippen LogP contribution is -2.36. The Morgan fingerprint density at radius 2 is 1.75 bits per heavy atom. The summed E-state index contributed by atoms with van der Waals surface area (Å²) in [7, 11) is 0. The molecule has 0 radical (unpaired) electrons. The van der Waals surface area contributed by atoms with Crippen LogP contribution < -0.4 is 10.3 Å². The Balaban J connectivity index is 1.54. The van der Waals surface area contributed by atoms with Crippen LogP contribution in [0.25, 0.3) is 0 Å². The number of nitrogens with one attached hydrogen (secondary N) is 1. The number of hydrogen-bond acceptors (Lipinski definition) is 6. The van der Waals surface area contributed by atoms with Crippen LogP contribution in [0.1, 0.15) is 5.56 Å². The third-order valence-electron chi connectivity index (χ3n) is 4.45. The van der Waals surface area contributed by atoms with Gasteiger partial charge in [0.25, 0.3) is 5.91 Å². The normalized spacial score (nSPS) is 20.6. The van der Waals surface area contributed by atoms with Crippen molar-refractivity contribution >= 4 is 52.4 Å². The highest BCUT2D eigenvalue weighted by Gasteiger charge is 2.55. The van der Waals surface area contributed by atoms with Crippen LogP contribution in [-0.4, -0.2) is 29.5 Å². The first kappa shape index (κ1) is 18.5. The van der Waals surface area contributed by atoms with E-state index in [4.69, 9.17) is 27.9 Å². The lowest BCUT2D eigenvalue weighted by Gasteiger charge is -2.16. The molecule has 0 unspecified atom stereocenters. The number of benzene rings is 2. The highest BCUT2D eigenvalue weighted by molar-refractivity contribution is 6.46. The summed E-state index contributed by atoms with van der Waals surface area (Å²) in [5.74, 6) is -2.94. The number of hydrogen-bond donors (Lipinski definition) is 1. The standard InChI is InChI=1S/C19H13Cl2N3O4/c20-11-6-12(21)8-13(7-11)24-17(25)14-15(18(24)26)22-23-16(14)19(27)28-9-10-4-2-1-3-5-10/h1-8,14-15,22H,9H2/t14-,15+/m1/s1. The van der Waals surface area contributed by atoms with Gasteiger partial charge in [0.05, 0.1) is 5.69 Å². The van der Waals surface area contributed by atoms with Crippen LogP contribution in [-0.2, 0) is 25.7 Å². The molecule has 4 rings (SSSR count). The number of imide groups is 1. The van der Waals surface area contributed by atoms with Gasteiger partial charge < -0.3 is 4.74 Å². The van der Waals surface area contributed by atoms with E-state index in [0.29, 0.717) is 0 Å². The molecule has 0 aliphatic carbocycles. The Labute approximate surface area is 169 Å². The number of hydrazone groups is 1. The van der Waals surface area contributed by atoms with E-state index >= 15 is 0 Å². The smallest absolute Gasteiger partial charge is 0.355 e. The number of carbonyl (C=O) groups excluding carboxylic acids is 3. The van der Waals surface area contributed by atoms with E-state index in [1.807, 2.05) is 18.2 Å². The summed E-state index contributed by atoms with van der Waals surface area (Å²) >= 11 is 12.0. The summed E-state index contributed by atoms with van der Waals surface area (Å²) < 4.78 is 5.25. The highest BCUT2D eigenvalue weighted by Crippen LogP contribution is 2.33. The van der Waals surface area contributed by atoms with E-state index < -0.39 is 29.7 Å². The molecule has 1 saturated heterocycles. The van der Waals surface area contributed by atoms with E-state index in [-0.39, 0.29) is 28.1 Å². The summed E-state index contributed by atoms with van der Waals surface area (Å²) in [6.45, 7) is 0.0336. The second kappa shape index (κ2) is 7.26. The summed E-state index contributed by atoms with van der Waals surface area (Å²) in [5.41, 5.74) is 3.47. The van der Waals surface area contributed by atoms with Crippen molar-refractivity contribution in [2.24, 2.45) is 11.0 Å². The predicted octanol–water partition coefficient (Wildman–Crippen LogP) is 2.55. The lowest BCUT2D eigenvalue weighted by atomic mass is 9.99. The van der Waals surface area contributed by atoms with Gasteiger partial charge in [-0.1, -0.05) is 53.5 Å². The minimum atomic E-state index is -1.06. The number of halogens is 2. The number of anilines is 1. The third kappa shape index (κ3) is 3.23. The molecule has 0 bridgehead atoms. The minimum Gasteiger partial charge on any atom is -0.456 e. The van der Waals surface area contributed by atoms with E-state index in [9.17, 15) is 14.4 Å². The van der Waals surface area contributed by atoms with Gasteiger partial charge in [-0.15, -0.1) is 0 Å². The molecule has 2 atom stereocenters. The monoisotopic (exact) mass is 417 g/mol. The Kier molecular flexibility index (Phi) is 4.78. The minimum absolute atomic E-state index is 0.0336. The van der Waals surface area contributed by atoms with Gasteiger partial charge in [-0.05, 0) is 23.8 Å². The van der Waals surface area contributed by atoms with Crippen molar-refractivity contribution in [1.29, 1.82) is 0 Å². The van der Waals surface area contributed by atoms with Gasteiger partial charge in [-0.25, -0.2) is 9.69 Å². The predicted molar refractivity (Wildman–Crippen MR) is 103 cm³/mol. The third-order valence-corrected chi connectivity index (χ3v) is 4.89. The topological polar surface area (TPSA) is 88.1 Å². The molecule has 2 aliphatic heterocycles. The first-order valence-corrected chi connectivity index (χ1v) is 9.09. The quantitative estimate of drug-likeness (QED) is 0.609. The number of rotatable bonds is 4. The molecular formula is C19H13Cl2N3O4. The van der Waals surface area contributed by atoms with E-state index in [1.54, 1.807) is 12.1 Å². The molecular weight excluding hydrogens is 405 g/mol. The van der Waals surface area contributed by atoms with Crippen molar-refractivity contribution in [1.82, 2.24) is 5.43 Å². The number of esters is 1. The zero-order valence-corrected chi connectivity index (χ0v) is 15.8. The molecule has 2 heterocycles. The molecule has 9 heteroatoms. The Hall–Kier alpha value is -2.90. The fraction of sp³-hybridized carbons (Fsp3) is 0.158. The molecule has 0 saturated carbocycles. The maximum absolute atomic E-state index is 12.9. The Morgan fingerprint density at radius 1 is 1.07 bits per heavy atom. The molecule has 2 amide bonds. The molecule has 0 aromatic heterocycles. The molecule has 28 heavy (non-hydrogen) atoms. The van der Waals surface area contributed by atoms with Crippen molar-refractivity contribution in [2.45, 2.75) is 12.6 Å². The summed E-state index contributed by atoms with van der Waals surface area (Å²) in [6, 6.07) is 12.5. The van der Waals surface area contributed by atoms with Gasteiger partial charge in [0.15, 0.2) is 5.71 Å². The molecule has 2 aromatic carbocycles. The first-order valence-electron chi connectivity index (χ1n) is 8.34.